The number of piperidine rings is 1. The Bertz CT molecular complexity index is 1530. The largest absolute Gasteiger partial charge is 0.388 e. The summed E-state index contributed by atoms with van der Waals surface area (Å²) in [7, 11) is -1.40. The third-order valence-electron chi connectivity index (χ3n) is 7.66. The lowest BCUT2D eigenvalue weighted by molar-refractivity contribution is 0.0266. The molecule has 10 heteroatoms. The standard InChI is InChI=1S/C27H31N5O4S/c1-4-18-16-19-17-28-26(30-24(19)32(25(18)33)23-6-5-13-27(23,2)34)29-20-7-9-21(10-8-20)37(35,36)22-11-14-31(3)15-12-22/h1,7-10,16-17,22-23,34H,5-6,11-15H2,2-3H3,(H,28,29,30)/t23-,27-/m1/s1. The number of pyridine rings is 1. The van der Waals surface area contributed by atoms with Crippen LogP contribution in [-0.4, -0.2) is 63.9 Å². The van der Waals surface area contributed by atoms with Gasteiger partial charge in [0.05, 0.1) is 27.4 Å². The van der Waals surface area contributed by atoms with Crippen LogP contribution in [0.25, 0.3) is 11.0 Å². The third-order valence-corrected chi connectivity index (χ3v) is 9.94. The molecule has 1 aliphatic heterocycles. The Hall–Kier alpha value is -3.26. The highest BCUT2D eigenvalue weighted by Gasteiger charge is 2.39. The summed E-state index contributed by atoms with van der Waals surface area (Å²) < 4.78 is 27.7. The first-order valence-electron chi connectivity index (χ1n) is 12.5. The summed E-state index contributed by atoms with van der Waals surface area (Å²) in [5, 5.41) is 14.3. The number of anilines is 2. The number of benzene rings is 1. The van der Waals surface area contributed by atoms with Gasteiger partial charge in [0.2, 0.25) is 5.95 Å². The SMILES string of the molecule is C#Cc1cc2cnc(Nc3ccc(S(=O)(=O)C4CCN(C)CC4)cc3)nc2n([C@@H]2CCC[C@@]2(C)O)c1=O. The van der Waals surface area contributed by atoms with Crippen LogP contribution in [0.1, 0.15) is 50.6 Å². The molecule has 1 saturated carbocycles. The third kappa shape index (κ3) is 4.75. The van der Waals surface area contributed by atoms with Crippen LogP contribution < -0.4 is 10.9 Å². The van der Waals surface area contributed by atoms with Gasteiger partial charge in [0.25, 0.3) is 5.56 Å². The highest BCUT2D eigenvalue weighted by molar-refractivity contribution is 7.92. The molecule has 5 rings (SSSR count). The number of nitrogens with one attached hydrogen (secondary N) is 1. The predicted octanol–water partition coefficient (Wildman–Crippen LogP) is 2.86. The molecule has 9 nitrogen and oxygen atoms in total. The monoisotopic (exact) mass is 521 g/mol. The maximum Gasteiger partial charge on any atom is 0.268 e. The summed E-state index contributed by atoms with van der Waals surface area (Å²) in [5.74, 6) is 2.69. The first-order chi connectivity index (χ1) is 17.6. The zero-order valence-electron chi connectivity index (χ0n) is 21.0. The van der Waals surface area contributed by atoms with Crippen LogP contribution in [0.4, 0.5) is 11.6 Å². The molecule has 0 radical (unpaired) electrons. The van der Waals surface area contributed by atoms with E-state index in [0.29, 0.717) is 47.3 Å². The van der Waals surface area contributed by atoms with Gasteiger partial charge in [-0.25, -0.2) is 13.4 Å². The highest BCUT2D eigenvalue weighted by Crippen LogP contribution is 2.39. The van der Waals surface area contributed by atoms with Gasteiger partial charge in [-0.3, -0.25) is 9.36 Å². The lowest BCUT2D eigenvalue weighted by atomic mass is 9.99. The highest BCUT2D eigenvalue weighted by atomic mass is 32.2. The molecule has 37 heavy (non-hydrogen) atoms. The Labute approximate surface area is 216 Å². The lowest BCUT2D eigenvalue weighted by Gasteiger charge is -2.28. The topological polar surface area (TPSA) is 117 Å². The molecule has 2 aliphatic rings. The number of aromatic nitrogens is 3. The number of rotatable bonds is 5. The van der Waals surface area contributed by atoms with Crippen molar-refractivity contribution in [3.63, 3.8) is 0 Å². The van der Waals surface area contributed by atoms with Crippen LogP contribution in [0.3, 0.4) is 0 Å². The number of aliphatic hydroxyl groups is 1. The molecule has 0 unspecified atom stereocenters. The Morgan fingerprint density at radius 3 is 2.51 bits per heavy atom. The molecule has 1 aliphatic carbocycles. The fraction of sp³-hybridized carbons (Fsp3) is 0.444. The van der Waals surface area contributed by atoms with E-state index in [1.165, 1.54) is 4.57 Å². The van der Waals surface area contributed by atoms with Crippen LogP contribution in [-0.2, 0) is 9.84 Å². The Kier molecular flexibility index (Phi) is 6.56. The quantitative estimate of drug-likeness (QED) is 0.492. The summed E-state index contributed by atoms with van der Waals surface area (Å²) in [6.45, 7) is 3.27. The molecule has 2 N–H and O–H groups in total. The van der Waals surface area contributed by atoms with Crippen molar-refractivity contribution in [1.82, 2.24) is 19.4 Å². The molecule has 1 aromatic carbocycles. The first kappa shape index (κ1) is 25.4. The lowest BCUT2D eigenvalue weighted by Crippen LogP contribution is -2.38. The smallest absolute Gasteiger partial charge is 0.268 e. The van der Waals surface area contributed by atoms with E-state index in [1.54, 1.807) is 43.5 Å². The number of likely N-dealkylation sites (tertiary alicyclic amines) is 1. The van der Waals surface area contributed by atoms with E-state index in [-0.39, 0.29) is 22.3 Å². The summed E-state index contributed by atoms with van der Waals surface area (Å²) >= 11 is 0. The van der Waals surface area contributed by atoms with Gasteiger partial charge in [0, 0.05) is 17.3 Å². The van der Waals surface area contributed by atoms with Gasteiger partial charge in [-0.05, 0) is 89.5 Å². The molecule has 1 saturated heterocycles. The van der Waals surface area contributed by atoms with Gasteiger partial charge < -0.3 is 15.3 Å². The molecule has 3 heterocycles. The normalized spacial score (nSPS) is 23.2. The van der Waals surface area contributed by atoms with E-state index in [1.807, 2.05) is 7.05 Å². The molecule has 2 fully saturated rings. The first-order valence-corrected chi connectivity index (χ1v) is 14.1. The number of hydrogen-bond acceptors (Lipinski definition) is 8. The van der Waals surface area contributed by atoms with Crippen molar-refractivity contribution in [1.29, 1.82) is 0 Å². The van der Waals surface area contributed by atoms with Gasteiger partial charge in [0.15, 0.2) is 9.84 Å². The zero-order valence-corrected chi connectivity index (χ0v) is 21.8. The Morgan fingerprint density at radius 2 is 1.89 bits per heavy atom. The van der Waals surface area contributed by atoms with E-state index in [9.17, 15) is 18.3 Å². The van der Waals surface area contributed by atoms with Crippen LogP contribution in [0, 0.1) is 12.3 Å². The van der Waals surface area contributed by atoms with Crippen LogP contribution in [0.5, 0.6) is 0 Å². The molecule has 0 spiro atoms. The molecular weight excluding hydrogens is 490 g/mol. The number of nitrogens with zero attached hydrogens (tertiary/aromatic N) is 4. The van der Waals surface area contributed by atoms with Crippen LogP contribution >= 0.6 is 0 Å². The second kappa shape index (κ2) is 9.56. The van der Waals surface area contributed by atoms with E-state index in [0.717, 1.165) is 19.5 Å². The predicted molar refractivity (Wildman–Crippen MR) is 143 cm³/mol. The molecule has 3 aromatic rings. The minimum absolute atomic E-state index is 0.195. The van der Waals surface area contributed by atoms with Crippen LogP contribution in [0.2, 0.25) is 0 Å². The van der Waals surface area contributed by atoms with Crippen molar-refractivity contribution in [3.05, 3.63) is 52.4 Å². The number of sulfone groups is 1. The average molecular weight is 522 g/mol. The second-order valence-electron chi connectivity index (χ2n) is 10.3. The van der Waals surface area contributed by atoms with Crippen molar-refractivity contribution in [2.45, 2.75) is 60.8 Å². The van der Waals surface area contributed by atoms with E-state index in [2.05, 4.69) is 26.1 Å². The molecule has 0 bridgehead atoms. The molecular formula is C27H31N5O4S. The molecule has 2 aromatic heterocycles. The Balaban J connectivity index is 1.45. The van der Waals surface area contributed by atoms with Gasteiger partial charge in [-0.2, -0.15) is 4.98 Å². The summed E-state index contributed by atoms with van der Waals surface area (Å²) in [6.07, 6.45) is 10.4. The maximum absolute atomic E-state index is 13.2. The molecule has 2 atom stereocenters. The van der Waals surface area contributed by atoms with Crippen molar-refractivity contribution in [2.24, 2.45) is 0 Å². The average Bonchev–Trinajstić information content (AvgIpc) is 3.22. The molecule has 0 amide bonds. The fourth-order valence-electron chi connectivity index (χ4n) is 5.46. The molecule has 194 valence electrons. The number of fused-ring (bicyclic) bond motifs is 1. The summed E-state index contributed by atoms with van der Waals surface area (Å²) in [4.78, 5) is 24.6. The van der Waals surface area contributed by atoms with E-state index >= 15 is 0 Å². The van der Waals surface area contributed by atoms with Crippen molar-refractivity contribution < 1.29 is 13.5 Å². The van der Waals surface area contributed by atoms with Gasteiger partial charge >= 0.3 is 0 Å². The van der Waals surface area contributed by atoms with E-state index < -0.39 is 21.5 Å². The maximum atomic E-state index is 13.2. The second-order valence-corrected chi connectivity index (χ2v) is 12.5. The van der Waals surface area contributed by atoms with Crippen molar-refractivity contribution >= 4 is 32.5 Å². The van der Waals surface area contributed by atoms with Crippen molar-refractivity contribution in [3.8, 4) is 12.3 Å². The van der Waals surface area contributed by atoms with Crippen LogP contribution in [0.15, 0.2) is 46.2 Å². The fourth-order valence-corrected chi connectivity index (χ4v) is 7.19. The number of hydrogen-bond donors (Lipinski definition) is 2. The minimum atomic E-state index is -3.41. The van der Waals surface area contributed by atoms with Gasteiger partial charge in [0.1, 0.15) is 5.65 Å². The summed E-state index contributed by atoms with van der Waals surface area (Å²) in [6, 6.07) is 7.70. The zero-order chi connectivity index (χ0) is 26.4. The number of terminal acetylenes is 1. The van der Waals surface area contributed by atoms with Gasteiger partial charge in [-0.15, -0.1) is 6.42 Å². The van der Waals surface area contributed by atoms with Crippen molar-refractivity contribution in [2.75, 3.05) is 25.5 Å². The Morgan fingerprint density at radius 1 is 1.19 bits per heavy atom. The van der Waals surface area contributed by atoms with Gasteiger partial charge in [-0.1, -0.05) is 5.92 Å². The summed E-state index contributed by atoms with van der Waals surface area (Å²) in [5.41, 5.74) is -0.229. The van der Waals surface area contributed by atoms with E-state index in [4.69, 9.17) is 6.42 Å². The minimum Gasteiger partial charge on any atom is -0.388 e.